The molecule has 0 aromatic heterocycles. The summed E-state index contributed by atoms with van der Waals surface area (Å²) in [6.45, 7) is 0. The lowest BCUT2D eigenvalue weighted by atomic mass is 9.88. The second kappa shape index (κ2) is 8.84. The van der Waals surface area contributed by atoms with Gasteiger partial charge in [-0.2, -0.15) is 0 Å². The number of nitro benzene ring substituents is 1. The zero-order valence-electron chi connectivity index (χ0n) is 20.2. The van der Waals surface area contributed by atoms with Gasteiger partial charge in [-0.3, -0.25) is 24.5 Å². The van der Waals surface area contributed by atoms with E-state index in [1.54, 1.807) is 24.3 Å². The van der Waals surface area contributed by atoms with Gasteiger partial charge in [0.05, 0.1) is 35.6 Å². The first-order valence-corrected chi connectivity index (χ1v) is 12.0. The molecular formula is C28H22N4O6. The van der Waals surface area contributed by atoms with Crippen LogP contribution in [0.2, 0.25) is 0 Å². The van der Waals surface area contributed by atoms with Crippen LogP contribution in [0.25, 0.3) is 6.08 Å². The SMILES string of the molecule is COc1ccccc1N1C(=O)[C@@H]2[C@@H](C1=O)[C@@H]1C=Cc3ccccc3N1[C@@H]2C(=O)Nc1ccc([N+](=O)[O-])cc1. The topological polar surface area (TPSA) is 122 Å². The van der Waals surface area contributed by atoms with E-state index in [2.05, 4.69) is 5.32 Å². The zero-order chi connectivity index (χ0) is 26.6. The van der Waals surface area contributed by atoms with E-state index in [0.717, 1.165) is 16.2 Å². The quantitative estimate of drug-likeness (QED) is 0.316. The summed E-state index contributed by atoms with van der Waals surface area (Å²) in [5.74, 6) is -2.72. The molecular weight excluding hydrogens is 488 g/mol. The van der Waals surface area contributed by atoms with E-state index in [9.17, 15) is 24.5 Å². The van der Waals surface area contributed by atoms with Crippen LogP contribution in [0, 0.1) is 22.0 Å². The van der Waals surface area contributed by atoms with Crippen LogP contribution in [-0.4, -0.2) is 41.8 Å². The molecule has 10 heteroatoms. The molecule has 0 radical (unpaired) electrons. The third kappa shape index (κ3) is 3.45. The molecule has 3 amide bonds. The van der Waals surface area contributed by atoms with Gasteiger partial charge in [0.15, 0.2) is 0 Å². The molecule has 0 unspecified atom stereocenters. The van der Waals surface area contributed by atoms with Gasteiger partial charge in [0.25, 0.3) is 5.69 Å². The Morgan fingerprint density at radius 1 is 0.921 bits per heavy atom. The smallest absolute Gasteiger partial charge is 0.269 e. The number of ether oxygens (including phenoxy) is 1. The molecule has 2 saturated heterocycles. The summed E-state index contributed by atoms with van der Waals surface area (Å²) in [4.78, 5) is 55.1. The van der Waals surface area contributed by atoms with Crippen molar-refractivity contribution in [3.63, 3.8) is 0 Å². The van der Waals surface area contributed by atoms with Gasteiger partial charge in [0.1, 0.15) is 11.8 Å². The Kier molecular flexibility index (Phi) is 5.45. The van der Waals surface area contributed by atoms with Crippen molar-refractivity contribution in [1.82, 2.24) is 0 Å². The minimum Gasteiger partial charge on any atom is -0.495 e. The summed E-state index contributed by atoms with van der Waals surface area (Å²) in [5, 5.41) is 13.8. The van der Waals surface area contributed by atoms with Crippen LogP contribution in [0.1, 0.15) is 5.56 Å². The van der Waals surface area contributed by atoms with E-state index in [1.165, 1.54) is 31.4 Å². The normalized spacial score (nSPS) is 23.1. The zero-order valence-corrected chi connectivity index (χ0v) is 20.2. The number of hydrogen-bond donors (Lipinski definition) is 1. The number of carbonyl (C=O) groups excluding carboxylic acids is 3. The third-order valence-electron chi connectivity index (χ3n) is 7.36. The van der Waals surface area contributed by atoms with Crippen LogP contribution >= 0.6 is 0 Å². The van der Waals surface area contributed by atoms with E-state index < -0.39 is 46.6 Å². The van der Waals surface area contributed by atoms with E-state index in [4.69, 9.17) is 4.74 Å². The van der Waals surface area contributed by atoms with Crippen molar-refractivity contribution in [3.8, 4) is 5.75 Å². The number of anilines is 3. The van der Waals surface area contributed by atoms with Gasteiger partial charge in [0.2, 0.25) is 17.7 Å². The molecule has 3 aromatic rings. The highest BCUT2D eigenvalue weighted by molar-refractivity contribution is 6.25. The number of nitrogens with one attached hydrogen (secondary N) is 1. The Hall–Kier alpha value is -4.99. The van der Waals surface area contributed by atoms with Gasteiger partial charge in [-0.15, -0.1) is 0 Å². The molecule has 1 N–H and O–H groups in total. The lowest BCUT2D eigenvalue weighted by Gasteiger charge is -2.36. The Bertz CT molecular complexity index is 1520. The number of imide groups is 1. The average Bonchev–Trinajstić information content (AvgIpc) is 3.41. The molecule has 3 heterocycles. The van der Waals surface area contributed by atoms with Crippen molar-refractivity contribution in [1.29, 1.82) is 0 Å². The van der Waals surface area contributed by atoms with Gasteiger partial charge in [0, 0.05) is 23.5 Å². The van der Waals surface area contributed by atoms with Crippen LogP contribution in [0.5, 0.6) is 5.75 Å². The predicted octanol–water partition coefficient (Wildman–Crippen LogP) is 3.63. The average molecular weight is 511 g/mol. The molecule has 6 rings (SSSR count). The lowest BCUT2D eigenvalue weighted by Crippen LogP contribution is -2.50. The molecule has 38 heavy (non-hydrogen) atoms. The molecule has 0 aliphatic carbocycles. The standard InChI is InChI=1S/C28H22N4O6/c1-38-22-9-5-4-8-20(22)31-27(34)23-21-15-10-16-6-2-3-7-19(16)30(21)25(24(23)28(31)35)26(33)29-17-11-13-18(14-12-17)32(36)37/h2-15,21,23-25H,1H3,(H,29,33)/t21-,23-,24+,25-/m0/s1. The van der Waals surface area contributed by atoms with Crippen LogP contribution in [0.4, 0.5) is 22.7 Å². The number of hydrogen-bond acceptors (Lipinski definition) is 7. The molecule has 190 valence electrons. The Balaban J connectivity index is 1.42. The first kappa shape index (κ1) is 23.4. The molecule has 10 nitrogen and oxygen atoms in total. The van der Waals surface area contributed by atoms with Gasteiger partial charge in [-0.05, 0) is 35.9 Å². The maximum absolute atomic E-state index is 14.0. The maximum Gasteiger partial charge on any atom is 0.269 e. The number of rotatable bonds is 5. The number of fused-ring (bicyclic) bond motifs is 5. The number of methoxy groups -OCH3 is 1. The monoisotopic (exact) mass is 510 g/mol. The van der Waals surface area contributed by atoms with Crippen molar-refractivity contribution >= 4 is 46.5 Å². The largest absolute Gasteiger partial charge is 0.495 e. The minimum absolute atomic E-state index is 0.108. The van der Waals surface area contributed by atoms with Crippen molar-refractivity contribution in [2.24, 2.45) is 11.8 Å². The highest BCUT2D eigenvalue weighted by Crippen LogP contribution is 2.50. The number of amides is 3. The number of para-hydroxylation sites is 3. The third-order valence-corrected chi connectivity index (χ3v) is 7.36. The number of benzene rings is 3. The molecule has 2 fully saturated rings. The summed E-state index contributed by atoms with van der Waals surface area (Å²) in [5.41, 5.74) is 2.20. The second-order valence-electron chi connectivity index (χ2n) is 9.29. The molecule has 3 aliphatic heterocycles. The van der Waals surface area contributed by atoms with E-state index in [-0.39, 0.29) is 5.69 Å². The van der Waals surface area contributed by atoms with Crippen molar-refractivity contribution < 1.29 is 24.0 Å². The van der Waals surface area contributed by atoms with E-state index in [1.807, 2.05) is 41.3 Å². The van der Waals surface area contributed by atoms with Gasteiger partial charge in [-0.1, -0.05) is 42.5 Å². The molecule has 0 saturated carbocycles. The van der Waals surface area contributed by atoms with Gasteiger partial charge in [-0.25, -0.2) is 4.90 Å². The number of non-ortho nitro benzene ring substituents is 1. The second-order valence-corrected chi connectivity index (χ2v) is 9.29. The first-order chi connectivity index (χ1) is 18.4. The number of nitrogens with zero attached hydrogens (tertiary/aromatic N) is 3. The fraction of sp³-hybridized carbons (Fsp3) is 0.179. The highest BCUT2D eigenvalue weighted by Gasteiger charge is 2.64. The van der Waals surface area contributed by atoms with Gasteiger partial charge >= 0.3 is 0 Å². The predicted molar refractivity (Wildman–Crippen MR) is 140 cm³/mol. The summed E-state index contributed by atoms with van der Waals surface area (Å²) >= 11 is 0. The van der Waals surface area contributed by atoms with Crippen LogP contribution < -0.4 is 19.9 Å². The lowest BCUT2D eigenvalue weighted by molar-refractivity contribution is -0.384. The van der Waals surface area contributed by atoms with Crippen LogP contribution in [0.3, 0.4) is 0 Å². The molecule has 3 aliphatic rings. The van der Waals surface area contributed by atoms with Gasteiger partial charge < -0.3 is 15.0 Å². The van der Waals surface area contributed by atoms with E-state index >= 15 is 0 Å². The van der Waals surface area contributed by atoms with Crippen molar-refractivity contribution in [2.45, 2.75) is 12.1 Å². The Labute approximate surface area is 217 Å². The highest BCUT2D eigenvalue weighted by atomic mass is 16.6. The maximum atomic E-state index is 14.0. The molecule has 3 aromatic carbocycles. The summed E-state index contributed by atoms with van der Waals surface area (Å²) in [6.07, 6.45) is 3.78. The Morgan fingerprint density at radius 2 is 1.58 bits per heavy atom. The minimum atomic E-state index is -0.998. The summed E-state index contributed by atoms with van der Waals surface area (Å²) in [7, 11) is 1.47. The molecule has 4 atom stereocenters. The number of nitro groups is 1. The van der Waals surface area contributed by atoms with Crippen LogP contribution in [0.15, 0.2) is 78.9 Å². The van der Waals surface area contributed by atoms with Crippen molar-refractivity contribution in [2.75, 3.05) is 22.2 Å². The molecule has 0 spiro atoms. The fourth-order valence-corrected chi connectivity index (χ4v) is 5.75. The van der Waals surface area contributed by atoms with Crippen molar-refractivity contribution in [3.05, 3.63) is 94.6 Å². The first-order valence-electron chi connectivity index (χ1n) is 12.0. The molecule has 0 bridgehead atoms. The van der Waals surface area contributed by atoms with Crippen LogP contribution in [-0.2, 0) is 14.4 Å². The number of carbonyl (C=O) groups is 3. The fourth-order valence-electron chi connectivity index (χ4n) is 5.75. The summed E-state index contributed by atoms with van der Waals surface area (Å²) in [6, 6.07) is 18.2. The van der Waals surface area contributed by atoms with E-state index in [0.29, 0.717) is 17.1 Å². The summed E-state index contributed by atoms with van der Waals surface area (Å²) < 4.78 is 5.41. The Morgan fingerprint density at radius 3 is 2.29 bits per heavy atom.